The van der Waals surface area contributed by atoms with E-state index in [1.807, 2.05) is 106 Å². The van der Waals surface area contributed by atoms with Crippen LogP contribution in [0, 0.1) is 0 Å². The number of pyridine rings is 2. The molecule has 0 fully saturated rings. The van der Waals surface area contributed by atoms with Crippen molar-refractivity contribution in [3.05, 3.63) is 168 Å². The molecule has 0 amide bonds. The molecule has 10 heteroatoms. The van der Waals surface area contributed by atoms with Gasteiger partial charge in [-0.3, -0.25) is 9.13 Å². The van der Waals surface area contributed by atoms with Gasteiger partial charge >= 0.3 is 11.9 Å². The molecule has 52 heavy (non-hydrogen) atoms. The van der Waals surface area contributed by atoms with Gasteiger partial charge in [-0.1, -0.05) is 84.9 Å². The highest BCUT2D eigenvalue weighted by Crippen LogP contribution is 2.35. The van der Waals surface area contributed by atoms with E-state index in [9.17, 15) is 18.0 Å². The molecular weight excluding hydrogens is 661 g/mol. The van der Waals surface area contributed by atoms with Crippen molar-refractivity contribution in [3.8, 4) is 23.3 Å². The van der Waals surface area contributed by atoms with Gasteiger partial charge in [-0.2, -0.15) is 13.2 Å². The predicted octanol–water partition coefficient (Wildman–Crippen LogP) is 9.78. The Morgan fingerprint density at radius 3 is 1.15 bits per heavy atom. The third-order valence-corrected chi connectivity index (χ3v) is 9.68. The second kappa shape index (κ2) is 11.0. The van der Waals surface area contributed by atoms with Gasteiger partial charge in [0.1, 0.15) is 23.3 Å². The first kappa shape index (κ1) is 29.9. The quantitative estimate of drug-likeness (QED) is 0.185. The Kier molecular flexibility index (Phi) is 6.35. The van der Waals surface area contributed by atoms with Crippen LogP contribution in [-0.2, 0) is 6.18 Å². The topological polar surface area (TPSA) is 62.6 Å². The lowest BCUT2D eigenvalue weighted by atomic mass is 10.2. The molecule has 10 rings (SSSR count). The Morgan fingerprint density at radius 2 is 0.750 bits per heavy atom. The van der Waals surface area contributed by atoms with Crippen molar-refractivity contribution in [1.82, 2.24) is 28.2 Å². The minimum Gasteiger partial charge on any atom is -0.294 e. The number of nitrogens with zero attached hydrogens (tertiary/aromatic N) is 6. The highest BCUT2D eigenvalue weighted by molar-refractivity contribution is 6.10. The number of alkyl halides is 3. The fourth-order valence-electron chi connectivity index (χ4n) is 7.48. The Bertz CT molecular complexity index is 3000. The van der Waals surface area contributed by atoms with Crippen molar-refractivity contribution in [3.63, 3.8) is 0 Å². The van der Waals surface area contributed by atoms with E-state index in [4.69, 9.17) is 9.97 Å². The minimum atomic E-state index is -4.63. The summed E-state index contributed by atoms with van der Waals surface area (Å²) in [7, 11) is 0. The molecule has 0 radical (unpaired) electrons. The zero-order valence-electron chi connectivity index (χ0n) is 27.2. The molecule has 5 heterocycles. The van der Waals surface area contributed by atoms with E-state index in [2.05, 4.69) is 12.1 Å². The maximum Gasteiger partial charge on any atom is 0.416 e. The molecule has 0 N–H and O–H groups in total. The van der Waals surface area contributed by atoms with Crippen LogP contribution in [0.1, 0.15) is 5.56 Å². The van der Waals surface area contributed by atoms with Gasteiger partial charge in [-0.25, -0.2) is 23.9 Å². The number of aromatic nitrogens is 6. The summed E-state index contributed by atoms with van der Waals surface area (Å²) in [5, 5.41) is 4.16. The van der Waals surface area contributed by atoms with Crippen LogP contribution < -0.4 is 5.69 Å². The van der Waals surface area contributed by atoms with Gasteiger partial charge in [-0.05, 0) is 66.7 Å². The summed E-state index contributed by atoms with van der Waals surface area (Å²) in [5.74, 6) is 1.50. The lowest BCUT2D eigenvalue weighted by Gasteiger charge is -2.10. The molecule has 0 saturated heterocycles. The van der Waals surface area contributed by atoms with E-state index in [-0.39, 0.29) is 22.7 Å². The molecule has 0 unspecified atom stereocenters. The average molecular weight is 687 g/mol. The lowest BCUT2D eigenvalue weighted by Crippen LogP contribution is -2.24. The van der Waals surface area contributed by atoms with E-state index < -0.39 is 17.4 Å². The van der Waals surface area contributed by atoms with E-state index in [1.54, 1.807) is 24.3 Å². The Morgan fingerprint density at radius 1 is 0.385 bits per heavy atom. The molecule has 0 aliphatic rings. The Labute approximate surface area is 292 Å². The number of hydrogen-bond donors (Lipinski definition) is 0. The first-order valence-corrected chi connectivity index (χ1v) is 16.6. The molecule has 7 nitrogen and oxygen atoms in total. The van der Waals surface area contributed by atoms with E-state index in [0.29, 0.717) is 11.6 Å². The number of halogens is 3. The molecule has 0 spiro atoms. The molecule has 250 valence electrons. The number of benzene rings is 5. The van der Waals surface area contributed by atoms with Gasteiger partial charge in [0.15, 0.2) is 0 Å². The van der Waals surface area contributed by atoms with Gasteiger partial charge in [-0.15, -0.1) is 0 Å². The summed E-state index contributed by atoms with van der Waals surface area (Å²) in [4.78, 5) is 24.5. The summed E-state index contributed by atoms with van der Waals surface area (Å²) in [6.07, 6.45) is -4.63. The van der Waals surface area contributed by atoms with Crippen LogP contribution in [-0.4, -0.2) is 28.2 Å². The van der Waals surface area contributed by atoms with Crippen molar-refractivity contribution in [1.29, 1.82) is 0 Å². The molecule has 0 atom stereocenters. The summed E-state index contributed by atoms with van der Waals surface area (Å²) >= 11 is 0. The standard InChI is InChI=1S/C42H25F3N6O/c43-42(44,45)26-23-24-35-36(25-26)51(40-22-10-20-38(47-40)49-33-17-7-3-13-29(33)30-14-4-8-18-34(30)49)41(52)50(35)39-21-9-19-37(46-39)48-31-15-5-1-11-27(31)28-12-2-6-16-32(28)48/h1-25H. The number of hydrogen-bond acceptors (Lipinski definition) is 3. The monoisotopic (exact) mass is 686 g/mol. The third-order valence-electron chi connectivity index (χ3n) is 9.68. The van der Waals surface area contributed by atoms with Crippen LogP contribution in [0.4, 0.5) is 13.2 Å². The first-order valence-electron chi connectivity index (χ1n) is 16.6. The van der Waals surface area contributed by atoms with Crippen LogP contribution >= 0.6 is 0 Å². The largest absolute Gasteiger partial charge is 0.416 e. The van der Waals surface area contributed by atoms with Crippen molar-refractivity contribution in [2.45, 2.75) is 6.18 Å². The number of imidazole rings is 1. The molecular formula is C42H25F3N6O. The zero-order valence-corrected chi connectivity index (χ0v) is 27.2. The van der Waals surface area contributed by atoms with Crippen molar-refractivity contribution in [2.24, 2.45) is 0 Å². The van der Waals surface area contributed by atoms with Crippen molar-refractivity contribution >= 4 is 54.6 Å². The number of para-hydroxylation sites is 4. The maximum absolute atomic E-state index is 14.6. The summed E-state index contributed by atoms with van der Waals surface area (Å²) in [5.41, 5.74) is 2.52. The molecule has 0 bridgehead atoms. The third kappa shape index (κ3) is 4.37. The predicted molar refractivity (Wildman–Crippen MR) is 198 cm³/mol. The molecule has 5 aromatic carbocycles. The smallest absolute Gasteiger partial charge is 0.294 e. The van der Waals surface area contributed by atoms with Gasteiger partial charge in [0.2, 0.25) is 0 Å². The summed E-state index contributed by atoms with van der Waals surface area (Å²) in [6.45, 7) is 0. The van der Waals surface area contributed by atoms with Gasteiger partial charge in [0.05, 0.1) is 38.7 Å². The fraction of sp³-hybridized carbons (Fsp3) is 0.0238. The van der Waals surface area contributed by atoms with Crippen LogP contribution in [0.2, 0.25) is 0 Å². The lowest BCUT2D eigenvalue weighted by molar-refractivity contribution is -0.137. The van der Waals surface area contributed by atoms with Gasteiger partial charge < -0.3 is 0 Å². The second-order valence-electron chi connectivity index (χ2n) is 12.6. The molecule has 0 saturated carbocycles. The normalized spacial score (nSPS) is 12.2. The zero-order chi connectivity index (χ0) is 35.1. The first-order chi connectivity index (χ1) is 25.4. The number of fused-ring (bicyclic) bond motifs is 7. The van der Waals surface area contributed by atoms with Crippen molar-refractivity contribution in [2.75, 3.05) is 0 Å². The van der Waals surface area contributed by atoms with E-state index in [1.165, 1.54) is 15.2 Å². The summed E-state index contributed by atoms with van der Waals surface area (Å²) < 4.78 is 49.1. The molecule has 5 aromatic heterocycles. The summed E-state index contributed by atoms with van der Waals surface area (Å²) in [6, 6.07) is 45.7. The van der Waals surface area contributed by atoms with Gasteiger partial charge in [0, 0.05) is 21.5 Å². The average Bonchev–Trinajstić information content (AvgIpc) is 3.79. The van der Waals surface area contributed by atoms with Crippen LogP contribution in [0.15, 0.2) is 156 Å². The van der Waals surface area contributed by atoms with E-state index in [0.717, 1.165) is 55.7 Å². The van der Waals surface area contributed by atoms with Crippen LogP contribution in [0.3, 0.4) is 0 Å². The Hall–Kier alpha value is -6.94. The van der Waals surface area contributed by atoms with Crippen LogP contribution in [0.5, 0.6) is 0 Å². The molecule has 10 aromatic rings. The van der Waals surface area contributed by atoms with Crippen LogP contribution in [0.25, 0.3) is 77.9 Å². The van der Waals surface area contributed by atoms with Gasteiger partial charge in [0.25, 0.3) is 0 Å². The molecule has 0 aliphatic heterocycles. The minimum absolute atomic E-state index is 0.0516. The highest BCUT2D eigenvalue weighted by Gasteiger charge is 2.32. The number of rotatable bonds is 4. The maximum atomic E-state index is 14.6. The fourth-order valence-corrected chi connectivity index (χ4v) is 7.48. The SMILES string of the molecule is O=c1n(-c2cccc(-n3c4ccccc4c4ccccc43)n2)c2ccc(C(F)(F)F)cc2n1-c1cccc(-n2c3ccccc3c3ccccc32)n1. The Balaban J connectivity index is 1.21. The van der Waals surface area contributed by atoms with Crippen molar-refractivity contribution < 1.29 is 13.2 Å². The highest BCUT2D eigenvalue weighted by atomic mass is 19.4. The second-order valence-corrected chi connectivity index (χ2v) is 12.6. The molecule has 0 aliphatic carbocycles. The van der Waals surface area contributed by atoms with E-state index >= 15 is 0 Å².